The zero-order valence-corrected chi connectivity index (χ0v) is 17.7. The van der Waals surface area contributed by atoms with Crippen LogP contribution in [0.2, 0.25) is 0 Å². The van der Waals surface area contributed by atoms with Crippen molar-refractivity contribution in [2.45, 2.75) is 13.5 Å². The van der Waals surface area contributed by atoms with E-state index in [9.17, 15) is 9.90 Å². The maximum absolute atomic E-state index is 11.9. The molecule has 2 N–H and O–H groups in total. The molecule has 0 atom stereocenters. The van der Waals surface area contributed by atoms with Gasteiger partial charge in [0.2, 0.25) is 5.95 Å². The van der Waals surface area contributed by atoms with Crippen molar-refractivity contribution in [1.82, 2.24) is 15.0 Å². The molecule has 0 saturated heterocycles. The molecule has 0 aliphatic carbocycles. The Balaban J connectivity index is 1.65. The first-order valence-electron chi connectivity index (χ1n) is 10.0. The zero-order chi connectivity index (χ0) is 22.5. The van der Waals surface area contributed by atoms with Crippen LogP contribution < -0.4 is 10.1 Å². The second kappa shape index (κ2) is 9.26. The van der Waals surface area contributed by atoms with Gasteiger partial charge in [0, 0.05) is 42.5 Å². The average Bonchev–Trinajstić information content (AvgIpc) is 2.83. The number of aromatic nitrogens is 3. The Labute approximate surface area is 185 Å². The van der Waals surface area contributed by atoms with E-state index in [-0.39, 0.29) is 5.56 Å². The number of hydrogen-bond donors (Lipinski definition) is 2. The van der Waals surface area contributed by atoms with Crippen LogP contribution in [-0.4, -0.2) is 33.1 Å². The van der Waals surface area contributed by atoms with E-state index in [1.165, 1.54) is 12.7 Å². The van der Waals surface area contributed by atoms with Crippen LogP contribution in [-0.2, 0) is 6.54 Å². The molecule has 32 heavy (non-hydrogen) atoms. The highest BCUT2D eigenvalue weighted by Crippen LogP contribution is 2.37. The average molecular weight is 426 g/mol. The van der Waals surface area contributed by atoms with E-state index < -0.39 is 5.97 Å². The molecule has 4 rings (SSSR count). The maximum Gasteiger partial charge on any atom is 0.339 e. The smallest absolute Gasteiger partial charge is 0.339 e. The molecular formula is C25H22N4O3. The van der Waals surface area contributed by atoms with Gasteiger partial charge in [-0.3, -0.25) is 4.98 Å². The molecule has 0 aliphatic rings. The first-order valence-corrected chi connectivity index (χ1v) is 10.0. The molecule has 7 nitrogen and oxygen atoms in total. The summed E-state index contributed by atoms with van der Waals surface area (Å²) < 4.78 is 5.44. The van der Waals surface area contributed by atoms with Crippen LogP contribution in [0.25, 0.3) is 22.3 Å². The molecule has 0 amide bonds. The lowest BCUT2D eigenvalue weighted by Gasteiger charge is -2.14. The Bertz CT molecular complexity index is 1240. The molecule has 0 saturated carbocycles. The Morgan fingerprint density at radius 3 is 2.41 bits per heavy atom. The third kappa shape index (κ3) is 4.57. The predicted octanol–water partition coefficient (Wildman–Crippen LogP) is 4.83. The third-order valence-electron chi connectivity index (χ3n) is 5.03. The number of nitrogens with zero attached hydrogens (tertiary/aromatic N) is 3. The summed E-state index contributed by atoms with van der Waals surface area (Å²) in [7, 11) is 1.46. The lowest BCUT2D eigenvalue weighted by Crippen LogP contribution is -2.04. The SMILES string of the molecule is COc1c(C(=O)O)cc(-c2cnc(NCc3cccc(C)c3)nc2)cc1-c1ccncc1. The summed E-state index contributed by atoms with van der Waals surface area (Å²) in [5.74, 6) is -0.280. The van der Waals surface area contributed by atoms with Gasteiger partial charge in [-0.2, -0.15) is 0 Å². The summed E-state index contributed by atoms with van der Waals surface area (Å²) in [5, 5.41) is 13.0. The van der Waals surface area contributed by atoms with Gasteiger partial charge >= 0.3 is 5.97 Å². The number of carboxylic acid groups (broad SMARTS) is 1. The lowest BCUT2D eigenvalue weighted by molar-refractivity contribution is 0.0693. The van der Waals surface area contributed by atoms with Crippen molar-refractivity contribution in [3.8, 4) is 28.0 Å². The highest BCUT2D eigenvalue weighted by Gasteiger charge is 2.19. The number of benzene rings is 2. The van der Waals surface area contributed by atoms with Crippen LogP contribution in [0.15, 0.2) is 73.3 Å². The molecule has 2 heterocycles. The largest absolute Gasteiger partial charge is 0.495 e. The highest BCUT2D eigenvalue weighted by atomic mass is 16.5. The van der Waals surface area contributed by atoms with Gasteiger partial charge in [-0.1, -0.05) is 29.8 Å². The Kier molecular flexibility index (Phi) is 6.07. The van der Waals surface area contributed by atoms with E-state index in [4.69, 9.17) is 4.74 Å². The van der Waals surface area contributed by atoms with Crippen molar-refractivity contribution >= 4 is 11.9 Å². The normalized spacial score (nSPS) is 10.6. The van der Waals surface area contributed by atoms with Crippen LogP contribution >= 0.6 is 0 Å². The number of carbonyl (C=O) groups is 1. The molecule has 0 aliphatic heterocycles. The number of aromatic carboxylic acids is 1. The van der Waals surface area contributed by atoms with Gasteiger partial charge in [0.1, 0.15) is 11.3 Å². The molecule has 2 aromatic carbocycles. The van der Waals surface area contributed by atoms with E-state index in [1.54, 1.807) is 30.9 Å². The third-order valence-corrected chi connectivity index (χ3v) is 5.03. The van der Waals surface area contributed by atoms with Gasteiger partial charge in [0.15, 0.2) is 0 Å². The number of nitrogens with one attached hydrogen (secondary N) is 1. The van der Waals surface area contributed by atoms with Crippen LogP contribution in [0.5, 0.6) is 5.75 Å². The standard InChI is InChI=1S/C25H22N4O3/c1-16-4-3-5-17(10-16)13-27-25-28-14-20(15-29-25)19-11-21(18-6-8-26-9-7-18)23(32-2)22(12-19)24(30)31/h3-12,14-15H,13H2,1-2H3,(H,30,31)(H,27,28,29). The van der Waals surface area contributed by atoms with Crippen molar-refractivity contribution in [3.63, 3.8) is 0 Å². The molecule has 0 bridgehead atoms. The summed E-state index contributed by atoms with van der Waals surface area (Å²) in [4.78, 5) is 24.7. The van der Waals surface area contributed by atoms with Crippen molar-refractivity contribution in [2.75, 3.05) is 12.4 Å². The number of ether oxygens (including phenoxy) is 1. The molecule has 0 radical (unpaired) electrons. The minimum Gasteiger partial charge on any atom is -0.495 e. The van der Waals surface area contributed by atoms with Gasteiger partial charge in [-0.05, 0) is 47.9 Å². The summed E-state index contributed by atoms with van der Waals surface area (Å²) in [6, 6.07) is 15.3. The van der Waals surface area contributed by atoms with Gasteiger partial charge in [-0.25, -0.2) is 14.8 Å². The fourth-order valence-corrected chi connectivity index (χ4v) is 3.49. The highest BCUT2D eigenvalue weighted by molar-refractivity contribution is 5.96. The number of aryl methyl sites for hydroxylation is 1. The van der Waals surface area contributed by atoms with Crippen molar-refractivity contribution in [1.29, 1.82) is 0 Å². The first-order chi connectivity index (χ1) is 15.5. The van der Waals surface area contributed by atoms with Crippen LogP contribution in [0, 0.1) is 6.92 Å². The number of carboxylic acids is 1. The number of anilines is 1. The number of rotatable bonds is 7. The number of pyridine rings is 1. The summed E-state index contributed by atoms with van der Waals surface area (Å²) >= 11 is 0. The van der Waals surface area contributed by atoms with Gasteiger partial charge < -0.3 is 15.2 Å². The second-order valence-corrected chi connectivity index (χ2v) is 7.28. The molecule has 160 valence electrons. The Hall–Kier alpha value is -4.26. The van der Waals surface area contributed by atoms with E-state index in [2.05, 4.69) is 39.3 Å². The number of hydrogen-bond acceptors (Lipinski definition) is 6. The van der Waals surface area contributed by atoms with E-state index in [1.807, 2.05) is 30.3 Å². The van der Waals surface area contributed by atoms with Crippen molar-refractivity contribution in [3.05, 3.63) is 90.0 Å². The summed E-state index contributed by atoms with van der Waals surface area (Å²) in [5.41, 5.74) is 5.25. The first kappa shape index (κ1) is 21.0. The fourth-order valence-electron chi connectivity index (χ4n) is 3.49. The lowest BCUT2D eigenvalue weighted by atomic mass is 9.96. The van der Waals surface area contributed by atoms with Crippen molar-refractivity contribution in [2.24, 2.45) is 0 Å². The molecule has 7 heteroatoms. The predicted molar refractivity (Wildman–Crippen MR) is 123 cm³/mol. The Morgan fingerprint density at radius 2 is 1.75 bits per heavy atom. The molecule has 0 spiro atoms. The van der Waals surface area contributed by atoms with Crippen LogP contribution in [0.1, 0.15) is 21.5 Å². The maximum atomic E-state index is 11.9. The molecular weight excluding hydrogens is 404 g/mol. The number of methoxy groups -OCH3 is 1. The minimum absolute atomic E-state index is 0.0680. The second-order valence-electron chi connectivity index (χ2n) is 7.28. The minimum atomic E-state index is -1.07. The zero-order valence-electron chi connectivity index (χ0n) is 17.7. The quantitative estimate of drug-likeness (QED) is 0.437. The summed E-state index contributed by atoms with van der Waals surface area (Å²) in [6.45, 7) is 2.66. The fraction of sp³-hybridized carbons (Fsp3) is 0.120. The van der Waals surface area contributed by atoms with Gasteiger partial charge in [-0.15, -0.1) is 0 Å². The molecule has 2 aromatic heterocycles. The van der Waals surface area contributed by atoms with Crippen molar-refractivity contribution < 1.29 is 14.6 Å². The van der Waals surface area contributed by atoms with E-state index in [0.717, 1.165) is 11.1 Å². The van der Waals surface area contributed by atoms with Crippen LogP contribution in [0.4, 0.5) is 5.95 Å². The topological polar surface area (TPSA) is 97.2 Å². The van der Waals surface area contributed by atoms with E-state index in [0.29, 0.717) is 34.9 Å². The van der Waals surface area contributed by atoms with Gasteiger partial charge in [0.05, 0.1) is 7.11 Å². The summed E-state index contributed by atoms with van der Waals surface area (Å²) in [6.07, 6.45) is 6.66. The van der Waals surface area contributed by atoms with E-state index >= 15 is 0 Å². The molecule has 0 fully saturated rings. The molecule has 0 unspecified atom stereocenters. The van der Waals surface area contributed by atoms with Gasteiger partial charge in [0.25, 0.3) is 0 Å². The Morgan fingerprint density at radius 1 is 1.00 bits per heavy atom. The molecule has 4 aromatic rings. The monoisotopic (exact) mass is 426 g/mol. The van der Waals surface area contributed by atoms with Crippen LogP contribution in [0.3, 0.4) is 0 Å².